The number of aromatic nitrogens is 2. The molecule has 2 aromatic rings. The highest BCUT2D eigenvalue weighted by atomic mass is 16.5. The maximum atomic E-state index is 13.0. The maximum Gasteiger partial charge on any atom is 0.272 e. The number of amides is 1. The number of fused-ring (bicyclic) bond motifs is 1. The van der Waals surface area contributed by atoms with E-state index in [4.69, 9.17) is 9.84 Å². The summed E-state index contributed by atoms with van der Waals surface area (Å²) in [4.78, 5) is 15.5. The van der Waals surface area contributed by atoms with Crippen LogP contribution in [0.4, 0.5) is 0 Å². The zero-order valence-corrected chi connectivity index (χ0v) is 18.6. The molecule has 5 rings (SSSR count). The van der Waals surface area contributed by atoms with E-state index in [9.17, 15) is 4.79 Å². The number of ether oxygens (including phenoxy) is 1. The number of piperidine rings is 1. The lowest BCUT2D eigenvalue weighted by Crippen LogP contribution is -2.38. The summed E-state index contributed by atoms with van der Waals surface area (Å²) in [6.45, 7) is 8.33. The number of nitrogens with one attached hydrogen (secondary N) is 1. The van der Waals surface area contributed by atoms with Gasteiger partial charge in [-0.05, 0) is 68.7 Å². The molecule has 0 bridgehead atoms. The van der Waals surface area contributed by atoms with Gasteiger partial charge in [-0.25, -0.2) is 0 Å². The number of rotatable bonds is 7. The van der Waals surface area contributed by atoms with Gasteiger partial charge in [-0.1, -0.05) is 24.3 Å². The Balaban J connectivity index is 1.14. The Kier molecular flexibility index (Phi) is 6.10. The van der Waals surface area contributed by atoms with Gasteiger partial charge in [0, 0.05) is 37.3 Å². The molecule has 1 aromatic carbocycles. The van der Waals surface area contributed by atoms with Crippen LogP contribution >= 0.6 is 0 Å². The first-order chi connectivity index (χ1) is 15.2. The zero-order chi connectivity index (χ0) is 21.2. The van der Waals surface area contributed by atoms with Crippen LogP contribution in [0.2, 0.25) is 0 Å². The van der Waals surface area contributed by atoms with E-state index in [1.807, 2.05) is 0 Å². The van der Waals surface area contributed by atoms with Crippen LogP contribution in [0.1, 0.15) is 58.6 Å². The van der Waals surface area contributed by atoms with Crippen molar-refractivity contribution in [2.24, 2.45) is 11.8 Å². The number of benzene rings is 1. The minimum Gasteiger partial charge on any atom is -0.376 e. The number of hydrogen-bond acceptors (Lipinski definition) is 4. The highest BCUT2D eigenvalue weighted by molar-refractivity contribution is 5.94. The standard InChI is InChI=1S/C25H34N4O2/c1-18-4-2-3-5-21(18)16-28-11-8-19(9-12-28)14-26-25(30)24-22-17-31-13-10-23(22)29(27-24)15-20-6-7-20/h2-5,19-20H,6-17H2,1H3,(H,26,30). The van der Waals surface area contributed by atoms with Gasteiger partial charge in [-0.3, -0.25) is 14.4 Å². The molecule has 0 atom stereocenters. The molecule has 2 aliphatic heterocycles. The second-order valence-electron chi connectivity index (χ2n) is 9.56. The van der Waals surface area contributed by atoms with Crippen LogP contribution in [-0.2, 0) is 30.9 Å². The van der Waals surface area contributed by atoms with Crippen molar-refractivity contribution in [1.29, 1.82) is 0 Å². The fourth-order valence-corrected chi connectivity index (χ4v) is 4.88. The highest BCUT2D eigenvalue weighted by Gasteiger charge is 2.29. The molecule has 31 heavy (non-hydrogen) atoms. The molecule has 0 spiro atoms. The molecular formula is C25H34N4O2. The SMILES string of the molecule is Cc1ccccc1CN1CCC(CNC(=O)c2nn(CC3CC3)c3c2COCC3)CC1. The molecule has 1 aliphatic carbocycles. The van der Waals surface area contributed by atoms with Gasteiger partial charge in [0.1, 0.15) is 0 Å². The van der Waals surface area contributed by atoms with Gasteiger partial charge in [0.25, 0.3) is 5.91 Å². The number of nitrogens with zero attached hydrogens (tertiary/aromatic N) is 3. The third kappa shape index (κ3) is 4.85. The Morgan fingerprint density at radius 1 is 1.16 bits per heavy atom. The van der Waals surface area contributed by atoms with Crippen molar-refractivity contribution in [1.82, 2.24) is 20.0 Å². The normalized spacial score (nSPS) is 19.9. The van der Waals surface area contributed by atoms with Gasteiger partial charge in [-0.15, -0.1) is 0 Å². The molecule has 1 saturated heterocycles. The van der Waals surface area contributed by atoms with E-state index in [2.05, 4.69) is 46.1 Å². The molecular weight excluding hydrogens is 388 g/mol. The van der Waals surface area contributed by atoms with Crippen molar-refractivity contribution in [2.75, 3.05) is 26.2 Å². The predicted octanol–water partition coefficient (Wildman–Crippen LogP) is 3.32. The van der Waals surface area contributed by atoms with Crippen LogP contribution in [0, 0.1) is 18.8 Å². The number of likely N-dealkylation sites (tertiary alicyclic amines) is 1. The number of aryl methyl sites for hydroxylation is 1. The molecule has 2 fully saturated rings. The van der Waals surface area contributed by atoms with E-state index < -0.39 is 0 Å². The van der Waals surface area contributed by atoms with Crippen molar-refractivity contribution in [2.45, 2.75) is 58.7 Å². The van der Waals surface area contributed by atoms with E-state index in [1.54, 1.807) is 0 Å². The third-order valence-electron chi connectivity index (χ3n) is 7.15. The molecule has 0 radical (unpaired) electrons. The number of carbonyl (C=O) groups excluding carboxylic acids is 1. The quantitative estimate of drug-likeness (QED) is 0.744. The van der Waals surface area contributed by atoms with Gasteiger partial charge < -0.3 is 10.1 Å². The van der Waals surface area contributed by atoms with Gasteiger partial charge in [0.15, 0.2) is 5.69 Å². The maximum absolute atomic E-state index is 13.0. The summed E-state index contributed by atoms with van der Waals surface area (Å²) in [6, 6.07) is 8.65. The average molecular weight is 423 g/mol. The Hall–Kier alpha value is -2.18. The van der Waals surface area contributed by atoms with Gasteiger partial charge in [0.05, 0.1) is 13.2 Å². The summed E-state index contributed by atoms with van der Waals surface area (Å²) < 4.78 is 7.74. The Bertz CT molecular complexity index is 926. The second kappa shape index (κ2) is 9.13. The highest BCUT2D eigenvalue weighted by Crippen LogP contribution is 2.32. The summed E-state index contributed by atoms with van der Waals surface area (Å²) in [6.07, 6.45) is 5.69. The first-order valence-electron chi connectivity index (χ1n) is 11.9. The van der Waals surface area contributed by atoms with Crippen LogP contribution in [0.5, 0.6) is 0 Å². The lowest BCUT2D eigenvalue weighted by atomic mass is 9.96. The zero-order valence-electron chi connectivity index (χ0n) is 18.6. The van der Waals surface area contributed by atoms with Crippen LogP contribution in [0.15, 0.2) is 24.3 Å². The molecule has 6 nitrogen and oxygen atoms in total. The van der Waals surface area contributed by atoms with Crippen molar-refractivity contribution >= 4 is 5.91 Å². The van der Waals surface area contributed by atoms with Gasteiger partial charge in [-0.2, -0.15) is 5.10 Å². The molecule has 0 unspecified atom stereocenters. The molecule has 166 valence electrons. The fraction of sp³-hybridized carbons (Fsp3) is 0.600. The lowest BCUT2D eigenvalue weighted by molar-refractivity contribution is 0.0908. The first kappa shape index (κ1) is 20.7. The Morgan fingerprint density at radius 3 is 2.74 bits per heavy atom. The average Bonchev–Trinajstić information content (AvgIpc) is 3.54. The lowest BCUT2D eigenvalue weighted by Gasteiger charge is -2.32. The summed E-state index contributed by atoms with van der Waals surface area (Å²) in [7, 11) is 0. The fourth-order valence-electron chi connectivity index (χ4n) is 4.88. The summed E-state index contributed by atoms with van der Waals surface area (Å²) in [5, 5.41) is 7.91. The Labute approximate surface area is 185 Å². The van der Waals surface area contributed by atoms with Crippen molar-refractivity contribution < 1.29 is 9.53 Å². The molecule has 1 aromatic heterocycles. The first-order valence-corrected chi connectivity index (χ1v) is 11.9. The van der Waals surface area contributed by atoms with Crippen LogP contribution in [-0.4, -0.2) is 46.8 Å². The van der Waals surface area contributed by atoms with Gasteiger partial charge in [0.2, 0.25) is 0 Å². The molecule has 1 saturated carbocycles. The molecule has 1 N–H and O–H groups in total. The number of carbonyl (C=O) groups is 1. The summed E-state index contributed by atoms with van der Waals surface area (Å²) >= 11 is 0. The van der Waals surface area contributed by atoms with E-state index >= 15 is 0 Å². The van der Waals surface area contributed by atoms with E-state index in [0.29, 0.717) is 18.2 Å². The minimum atomic E-state index is -0.0290. The molecule has 1 amide bonds. The van der Waals surface area contributed by atoms with Crippen molar-refractivity contribution in [3.8, 4) is 0 Å². The van der Waals surface area contributed by atoms with E-state index in [1.165, 1.54) is 29.7 Å². The van der Waals surface area contributed by atoms with E-state index in [-0.39, 0.29) is 5.91 Å². The minimum absolute atomic E-state index is 0.0290. The smallest absolute Gasteiger partial charge is 0.272 e. The van der Waals surface area contributed by atoms with Gasteiger partial charge >= 0.3 is 0 Å². The predicted molar refractivity (Wildman–Crippen MR) is 120 cm³/mol. The van der Waals surface area contributed by atoms with Crippen molar-refractivity contribution in [3.63, 3.8) is 0 Å². The Morgan fingerprint density at radius 2 is 1.97 bits per heavy atom. The van der Waals surface area contributed by atoms with Crippen molar-refractivity contribution in [3.05, 3.63) is 52.3 Å². The van der Waals surface area contributed by atoms with Crippen LogP contribution in [0.25, 0.3) is 0 Å². The molecule has 3 heterocycles. The monoisotopic (exact) mass is 422 g/mol. The third-order valence-corrected chi connectivity index (χ3v) is 7.15. The number of hydrogen-bond donors (Lipinski definition) is 1. The topological polar surface area (TPSA) is 59.4 Å². The van der Waals surface area contributed by atoms with E-state index in [0.717, 1.165) is 70.1 Å². The molecule has 6 heteroatoms. The molecule has 3 aliphatic rings. The second-order valence-corrected chi connectivity index (χ2v) is 9.56. The summed E-state index contributed by atoms with van der Waals surface area (Å²) in [5.41, 5.74) is 5.60. The van der Waals surface area contributed by atoms with Crippen LogP contribution in [0.3, 0.4) is 0 Å². The largest absolute Gasteiger partial charge is 0.376 e. The van der Waals surface area contributed by atoms with Crippen LogP contribution < -0.4 is 5.32 Å². The summed E-state index contributed by atoms with van der Waals surface area (Å²) in [5.74, 6) is 1.25.